The van der Waals surface area contributed by atoms with Crippen molar-refractivity contribution in [2.75, 3.05) is 39.8 Å². The zero-order valence-electron chi connectivity index (χ0n) is 11.2. The van der Waals surface area contributed by atoms with Crippen LogP contribution < -0.4 is 0 Å². The number of likely N-dealkylation sites (N-methyl/N-ethyl adjacent to an activating group) is 1. The molecule has 1 rings (SSSR count). The van der Waals surface area contributed by atoms with Crippen LogP contribution in [0, 0.1) is 0 Å². The first-order valence-electron chi connectivity index (χ1n) is 6.73. The monoisotopic (exact) mass is 228 g/mol. The Kier molecular flexibility index (Phi) is 5.73. The van der Waals surface area contributed by atoms with E-state index in [0.29, 0.717) is 0 Å². The summed E-state index contributed by atoms with van der Waals surface area (Å²) in [5.74, 6) is 0. The van der Waals surface area contributed by atoms with E-state index in [-0.39, 0.29) is 0 Å². The molecule has 3 heteroatoms. The van der Waals surface area contributed by atoms with Crippen LogP contribution in [0.1, 0.15) is 39.5 Å². The molecule has 0 bridgehead atoms. The number of nitrogens with zero attached hydrogens (tertiary/aromatic N) is 2. The quantitative estimate of drug-likeness (QED) is 0.747. The van der Waals surface area contributed by atoms with E-state index in [9.17, 15) is 5.11 Å². The van der Waals surface area contributed by atoms with E-state index in [2.05, 4.69) is 30.7 Å². The summed E-state index contributed by atoms with van der Waals surface area (Å²) >= 11 is 0. The molecular formula is C13H28N2O. The van der Waals surface area contributed by atoms with E-state index < -0.39 is 5.60 Å². The molecule has 3 nitrogen and oxygen atoms in total. The standard InChI is InChI=1S/C13H28N2O/c1-4-6-9-15(5-2)12-13(16)7-10-14(3)11-8-13/h16H,4-12H2,1-3H3. The molecule has 1 fully saturated rings. The molecule has 1 aliphatic heterocycles. The largest absolute Gasteiger partial charge is 0.388 e. The minimum Gasteiger partial charge on any atom is -0.388 e. The third kappa shape index (κ3) is 4.40. The second kappa shape index (κ2) is 6.58. The molecule has 1 saturated heterocycles. The SMILES string of the molecule is CCCCN(CC)CC1(O)CCN(C)CC1. The van der Waals surface area contributed by atoms with Gasteiger partial charge in [0.1, 0.15) is 0 Å². The Balaban J connectivity index is 2.37. The van der Waals surface area contributed by atoms with Gasteiger partial charge < -0.3 is 14.9 Å². The summed E-state index contributed by atoms with van der Waals surface area (Å²) in [5, 5.41) is 10.5. The third-order valence-corrected chi connectivity index (χ3v) is 3.71. The van der Waals surface area contributed by atoms with Gasteiger partial charge in [-0.15, -0.1) is 0 Å². The van der Waals surface area contributed by atoms with Crippen LogP contribution in [-0.2, 0) is 0 Å². The average molecular weight is 228 g/mol. The highest BCUT2D eigenvalue weighted by Crippen LogP contribution is 2.22. The van der Waals surface area contributed by atoms with Crippen molar-refractivity contribution < 1.29 is 5.11 Å². The van der Waals surface area contributed by atoms with E-state index in [1.165, 1.54) is 12.8 Å². The Morgan fingerprint density at radius 3 is 2.38 bits per heavy atom. The number of hydrogen-bond acceptors (Lipinski definition) is 3. The fourth-order valence-corrected chi connectivity index (χ4v) is 2.34. The molecule has 0 atom stereocenters. The van der Waals surface area contributed by atoms with Crippen LogP contribution in [0.2, 0.25) is 0 Å². The molecule has 0 aromatic carbocycles. The lowest BCUT2D eigenvalue weighted by molar-refractivity contribution is -0.0404. The van der Waals surface area contributed by atoms with Gasteiger partial charge in [-0.1, -0.05) is 20.3 Å². The maximum absolute atomic E-state index is 10.5. The highest BCUT2D eigenvalue weighted by molar-refractivity contribution is 4.87. The van der Waals surface area contributed by atoms with Gasteiger partial charge in [-0.05, 0) is 39.4 Å². The first-order chi connectivity index (χ1) is 7.59. The van der Waals surface area contributed by atoms with E-state index in [0.717, 1.165) is 45.6 Å². The van der Waals surface area contributed by atoms with Crippen molar-refractivity contribution in [1.29, 1.82) is 0 Å². The van der Waals surface area contributed by atoms with Gasteiger partial charge in [0.2, 0.25) is 0 Å². The first-order valence-corrected chi connectivity index (χ1v) is 6.73. The van der Waals surface area contributed by atoms with Crippen LogP contribution in [0.25, 0.3) is 0 Å². The van der Waals surface area contributed by atoms with Crippen molar-refractivity contribution in [3.8, 4) is 0 Å². The summed E-state index contributed by atoms with van der Waals surface area (Å²) in [6.07, 6.45) is 4.32. The number of rotatable bonds is 6. The highest BCUT2D eigenvalue weighted by atomic mass is 16.3. The smallest absolute Gasteiger partial charge is 0.0798 e. The highest BCUT2D eigenvalue weighted by Gasteiger charge is 2.32. The molecule has 0 amide bonds. The molecule has 0 spiro atoms. The zero-order valence-corrected chi connectivity index (χ0v) is 11.2. The molecule has 0 radical (unpaired) electrons. The maximum Gasteiger partial charge on any atom is 0.0798 e. The van der Waals surface area contributed by atoms with Crippen LogP contribution in [0.5, 0.6) is 0 Å². The molecule has 0 unspecified atom stereocenters. The first kappa shape index (κ1) is 13.9. The third-order valence-electron chi connectivity index (χ3n) is 3.71. The van der Waals surface area contributed by atoms with E-state index >= 15 is 0 Å². The summed E-state index contributed by atoms with van der Waals surface area (Å²) in [4.78, 5) is 4.70. The van der Waals surface area contributed by atoms with Gasteiger partial charge in [0.15, 0.2) is 0 Å². The van der Waals surface area contributed by atoms with E-state index in [4.69, 9.17) is 0 Å². The van der Waals surface area contributed by atoms with E-state index in [1.54, 1.807) is 0 Å². The van der Waals surface area contributed by atoms with Crippen LogP contribution >= 0.6 is 0 Å². The molecule has 0 saturated carbocycles. The number of likely N-dealkylation sites (tertiary alicyclic amines) is 1. The van der Waals surface area contributed by atoms with Crippen molar-refractivity contribution >= 4 is 0 Å². The van der Waals surface area contributed by atoms with Crippen molar-refractivity contribution in [2.45, 2.75) is 45.1 Å². The van der Waals surface area contributed by atoms with E-state index in [1.807, 2.05) is 0 Å². The molecule has 0 aromatic rings. The van der Waals surface area contributed by atoms with Gasteiger partial charge in [-0.3, -0.25) is 0 Å². The van der Waals surface area contributed by atoms with Crippen LogP contribution in [-0.4, -0.2) is 60.3 Å². The lowest BCUT2D eigenvalue weighted by Gasteiger charge is -2.39. The van der Waals surface area contributed by atoms with Gasteiger partial charge in [0.25, 0.3) is 0 Å². The topological polar surface area (TPSA) is 26.7 Å². The van der Waals surface area contributed by atoms with Crippen LogP contribution in [0.4, 0.5) is 0 Å². The molecule has 96 valence electrons. The minimum absolute atomic E-state index is 0.434. The van der Waals surface area contributed by atoms with Crippen molar-refractivity contribution in [2.24, 2.45) is 0 Å². The van der Waals surface area contributed by atoms with Crippen molar-refractivity contribution in [3.05, 3.63) is 0 Å². The average Bonchev–Trinajstić information content (AvgIpc) is 2.29. The molecular weight excluding hydrogens is 200 g/mol. The van der Waals surface area contributed by atoms with Gasteiger partial charge in [0.05, 0.1) is 5.60 Å². The number of piperidine rings is 1. The molecule has 0 aromatic heterocycles. The van der Waals surface area contributed by atoms with Crippen LogP contribution in [0.15, 0.2) is 0 Å². The Morgan fingerprint density at radius 1 is 1.25 bits per heavy atom. The minimum atomic E-state index is -0.434. The molecule has 16 heavy (non-hydrogen) atoms. The Labute approximate surface area is 100 Å². The number of hydrogen-bond donors (Lipinski definition) is 1. The second-order valence-electron chi connectivity index (χ2n) is 5.25. The predicted molar refractivity (Wildman–Crippen MR) is 68.7 cm³/mol. The van der Waals surface area contributed by atoms with Gasteiger partial charge in [-0.2, -0.15) is 0 Å². The fourth-order valence-electron chi connectivity index (χ4n) is 2.34. The Morgan fingerprint density at radius 2 is 1.88 bits per heavy atom. The molecule has 1 N–H and O–H groups in total. The van der Waals surface area contributed by atoms with Gasteiger partial charge >= 0.3 is 0 Å². The molecule has 1 aliphatic rings. The summed E-state index contributed by atoms with van der Waals surface area (Å²) in [5.41, 5.74) is -0.434. The number of unbranched alkanes of at least 4 members (excludes halogenated alkanes) is 1. The Hall–Kier alpha value is -0.120. The zero-order chi connectivity index (χ0) is 12.0. The predicted octanol–water partition coefficient (Wildman–Crippen LogP) is 1.57. The lowest BCUT2D eigenvalue weighted by Crippen LogP contribution is -2.50. The summed E-state index contributed by atoms with van der Waals surface area (Å²) in [7, 11) is 2.13. The van der Waals surface area contributed by atoms with Gasteiger partial charge in [0, 0.05) is 19.6 Å². The molecule has 0 aliphatic carbocycles. The van der Waals surface area contributed by atoms with Crippen molar-refractivity contribution in [3.63, 3.8) is 0 Å². The summed E-state index contributed by atoms with van der Waals surface area (Å²) in [6, 6.07) is 0. The lowest BCUT2D eigenvalue weighted by atomic mass is 9.91. The van der Waals surface area contributed by atoms with Crippen molar-refractivity contribution in [1.82, 2.24) is 9.80 Å². The second-order valence-corrected chi connectivity index (χ2v) is 5.25. The van der Waals surface area contributed by atoms with Gasteiger partial charge in [-0.25, -0.2) is 0 Å². The maximum atomic E-state index is 10.5. The summed E-state index contributed by atoms with van der Waals surface area (Å²) < 4.78 is 0. The fraction of sp³-hybridized carbons (Fsp3) is 1.00. The normalized spacial score (nSPS) is 21.6. The molecule has 1 heterocycles. The Bertz CT molecular complexity index is 188. The number of aliphatic hydroxyl groups is 1. The summed E-state index contributed by atoms with van der Waals surface area (Å²) in [6.45, 7) is 9.51. The van der Waals surface area contributed by atoms with Crippen LogP contribution in [0.3, 0.4) is 0 Å².